The van der Waals surface area contributed by atoms with Crippen LogP contribution in [0.5, 0.6) is 5.75 Å². The quantitative estimate of drug-likeness (QED) is 0.629. The molecule has 1 amide bonds. The predicted molar refractivity (Wildman–Crippen MR) is 82.2 cm³/mol. The number of carbonyl (C=O) groups excluding carboxylic acids is 1. The minimum absolute atomic E-state index is 0.358. The van der Waals surface area contributed by atoms with Gasteiger partial charge in [-0.3, -0.25) is 4.79 Å². The molecular weight excluding hydrogens is 392 g/mol. The number of ether oxygens (including phenoxy) is 1. The van der Waals surface area contributed by atoms with Crippen molar-refractivity contribution in [2.75, 3.05) is 7.11 Å². The topological polar surface area (TPSA) is 63.8 Å². The molecule has 0 bridgehead atoms. The third-order valence-corrected chi connectivity index (χ3v) is 4.08. The van der Waals surface area contributed by atoms with E-state index in [1.165, 1.54) is 13.3 Å². The predicted octanol–water partition coefficient (Wildman–Crippen LogP) is 3.58. The van der Waals surface area contributed by atoms with Gasteiger partial charge in [-0.15, -0.1) is 0 Å². The first-order valence-electron chi connectivity index (χ1n) is 5.53. The zero-order valence-electron chi connectivity index (χ0n) is 10.4. The average molecular weight is 402 g/mol. The summed E-state index contributed by atoms with van der Waals surface area (Å²) in [6.45, 7) is 0. The Kier molecular flexibility index (Phi) is 4.97. The third-order valence-electron chi connectivity index (χ3n) is 2.37. The number of para-hydroxylation sites is 1. The van der Waals surface area contributed by atoms with Crippen molar-refractivity contribution in [3.8, 4) is 5.75 Å². The second kappa shape index (κ2) is 6.71. The van der Waals surface area contributed by atoms with Crippen LogP contribution < -0.4 is 10.2 Å². The average Bonchev–Trinajstić information content (AvgIpc) is 2.77. The molecule has 0 aliphatic rings. The van der Waals surface area contributed by atoms with E-state index in [4.69, 9.17) is 9.15 Å². The molecule has 0 aliphatic carbocycles. The van der Waals surface area contributed by atoms with E-state index in [2.05, 4.69) is 42.4 Å². The molecule has 0 atom stereocenters. The van der Waals surface area contributed by atoms with Crippen molar-refractivity contribution < 1.29 is 13.9 Å². The van der Waals surface area contributed by atoms with Gasteiger partial charge in [-0.1, -0.05) is 12.1 Å². The molecule has 1 aromatic carbocycles. The smallest absolute Gasteiger partial charge is 0.275 e. The number of amides is 1. The summed E-state index contributed by atoms with van der Waals surface area (Å²) in [6.07, 6.45) is 1.41. The zero-order chi connectivity index (χ0) is 14.5. The van der Waals surface area contributed by atoms with Gasteiger partial charge in [0.2, 0.25) is 0 Å². The van der Waals surface area contributed by atoms with Crippen molar-refractivity contribution in [1.82, 2.24) is 5.43 Å². The van der Waals surface area contributed by atoms with Crippen LogP contribution in [0, 0.1) is 0 Å². The van der Waals surface area contributed by atoms with Gasteiger partial charge in [-0.2, -0.15) is 5.10 Å². The molecule has 0 spiro atoms. The largest absolute Gasteiger partial charge is 0.496 e. The van der Waals surface area contributed by atoms with E-state index < -0.39 is 0 Å². The molecule has 0 radical (unpaired) electrons. The molecule has 20 heavy (non-hydrogen) atoms. The first-order valence-corrected chi connectivity index (χ1v) is 7.11. The van der Waals surface area contributed by atoms with Gasteiger partial charge in [0.1, 0.15) is 11.5 Å². The number of methoxy groups -OCH3 is 1. The molecule has 7 heteroatoms. The van der Waals surface area contributed by atoms with Crippen molar-refractivity contribution in [2.45, 2.75) is 0 Å². The number of rotatable bonds is 4. The highest BCUT2D eigenvalue weighted by molar-refractivity contribution is 9.13. The van der Waals surface area contributed by atoms with Crippen molar-refractivity contribution >= 4 is 44.0 Å². The summed E-state index contributed by atoms with van der Waals surface area (Å²) in [7, 11) is 1.51. The van der Waals surface area contributed by atoms with Crippen LogP contribution in [-0.2, 0) is 0 Å². The summed E-state index contributed by atoms with van der Waals surface area (Å²) in [6, 6.07) is 8.63. The van der Waals surface area contributed by atoms with E-state index in [1.807, 2.05) is 0 Å². The molecular formula is C13H10Br2N2O3. The summed E-state index contributed by atoms with van der Waals surface area (Å²) in [5, 5.41) is 3.83. The van der Waals surface area contributed by atoms with E-state index in [1.54, 1.807) is 30.3 Å². The van der Waals surface area contributed by atoms with Crippen LogP contribution in [0.1, 0.15) is 16.1 Å². The summed E-state index contributed by atoms with van der Waals surface area (Å²) in [5.74, 6) is 0.635. The van der Waals surface area contributed by atoms with Crippen LogP contribution in [0.4, 0.5) is 0 Å². The second-order valence-corrected chi connectivity index (χ2v) is 5.24. The maximum atomic E-state index is 11.9. The Morgan fingerprint density at radius 3 is 2.80 bits per heavy atom. The number of hydrogen-bond acceptors (Lipinski definition) is 4. The van der Waals surface area contributed by atoms with Gasteiger partial charge in [-0.05, 0) is 44.0 Å². The molecule has 2 aromatic rings. The van der Waals surface area contributed by atoms with Crippen LogP contribution in [0.3, 0.4) is 0 Å². The molecule has 0 unspecified atom stereocenters. The first kappa shape index (κ1) is 14.8. The highest BCUT2D eigenvalue weighted by Crippen LogP contribution is 2.25. The Bertz CT molecular complexity index is 633. The Balaban J connectivity index is 2.05. The molecule has 0 saturated carbocycles. The molecule has 1 aromatic heterocycles. The van der Waals surface area contributed by atoms with Crippen molar-refractivity contribution in [2.24, 2.45) is 5.10 Å². The van der Waals surface area contributed by atoms with Crippen molar-refractivity contribution in [1.29, 1.82) is 0 Å². The number of hydrazone groups is 1. The Morgan fingerprint density at radius 2 is 2.15 bits per heavy atom. The minimum atomic E-state index is -0.358. The lowest BCUT2D eigenvalue weighted by Crippen LogP contribution is -2.18. The van der Waals surface area contributed by atoms with Gasteiger partial charge in [0.15, 0.2) is 4.67 Å². The fourth-order valence-electron chi connectivity index (χ4n) is 1.47. The Morgan fingerprint density at radius 1 is 1.40 bits per heavy atom. The monoisotopic (exact) mass is 400 g/mol. The lowest BCUT2D eigenvalue weighted by Gasteiger charge is -2.05. The third kappa shape index (κ3) is 3.49. The Labute approximate surface area is 132 Å². The maximum absolute atomic E-state index is 11.9. The number of halogens is 2. The number of nitrogens with one attached hydrogen (secondary N) is 1. The second-order valence-electron chi connectivity index (χ2n) is 3.67. The van der Waals surface area contributed by atoms with Gasteiger partial charge in [0.05, 0.1) is 23.4 Å². The van der Waals surface area contributed by atoms with Crippen LogP contribution in [0.15, 0.2) is 49.0 Å². The minimum Gasteiger partial charge on any atom is -0.496 e. The van der Waals surface area contributed by atoms with E-state index in [-0.39, 0.29) is 5.91 Å². The molecule has 2 rings (SSSR count). The van der Waals surface area contributed by atoms with Gasteiger partial charge >= 0.3 is 0 Å². The fourth-order valence-corrected chi connectivity index (χ4v) is 2.08. The van der Waals surface area contributed by atoms with Crippen LogP contribution in [0.2, 0.25) is 0 Å². The summed E-state index contributed by atoms with van der Waals surface area (Å²) < 4.78 is 11.7. The number of furan rings is 1. The number of benzene rings is 1. The molecule has 5 nitrogen and oxygen atoms in total. The molecule has 0 aliphatic heterocycles. The molecule has 0 fully saturated rings. The van der Waals surface area contributed by atoms with E-state index in [0.717, 1.165) is 4.47 Å². The first-order chi connectivity index (χ1) is 9.61. The van der Waals surface area contributed by atoms with Gasteiger partial charge in [0, 0.05) is 6.07 Å². The summed E-state index contributed by atoms with van der Waals surface area (Å²) in [4.78, 5) is 11.9. The molecule has 104 valence electrons. The lowest BCUT2D eigenvalue weighted by atomic mass is 10.2. The van der Waals surface area contributed by atoms with Gasteiger partial charge < -0.3 is 9.15 Å². The molecule has 1 heterocycles. The molecule has 1 N–H and O–H groups in total. The summed E-state index contributed by atoms with van der Waals surface area (Å²) in [5.41, 5.74) is 2.82. The van der Waals surface area contributed by atoms with E-state index in [9.17, 15) is 4.79 Å². The SMILES string of the molecule is COc1ccccc1C(=O)NN=Cc1cc(Br)c(Br)o1. The van der Waals surface area contributed by atoms with Crippen LogP contribution in [-0.4, -0.2) is 19.2 Å². The maximum Gasteiger partial charge on any atom is 0.275 e. The van der Waals surface area contributed by atoms with Gasteiger partial charge in [-0.25, -0.2) is 5.43 Å². The van der Waals surface area contributed by atoms with Gasteiger partial charge in [0.25, 0.3) is 5.91 Å². The Hall–Kier alpha value is -1.60. The van der Waals surface area contributed by atoms with Crippen LogP contribution in [0.25, 0.3) is 0 Å². The normalized spacial score (nSPS) is 10.8. The lowest BCUT2D eigenvalue weighted by molar-refractivity contribution is 0.0952. The number of nitrogens with zero attached hydrogens (tertiary/aromatic N) is 1. The van der Waals surface area contributed by atoms with Crippen molar-refractivity contribution in [3.05, 3.63) is 50.8 Å². The van der Waals surface area contributed by atoms with Crippen molar-refractivity contribution in [3.63, 3.8) is 0 Å². The van der Waals surface area contributed by atoms with Crippen LogP contribution >= 0.6 is 31.9 Å². The number of carbonyl (C=O) groups is 1. The zero-order valence-corrected chi connectivity index (χ0v) is 13.6. The standard InChI is InChI=1S/C13H10Br2N2O3/c1-19-11-5-3-2-4-9(11)13(18)17-16-7-8-6-10(14)12(15)20-8/h2-7H,1H3,(H,17,18). The fraction of sp³-hybridized carbons (Fsp3) is 0.0769. The number of hydrogen-bond donors (Lipinski definition) is 1. The molecule has 0 saturated heterocycles. The highest BCUT2D eigenvalue weighted by Gasteiger charge is 2.10. The van der Waals surface area contributed by atoms with E-state index >= 15 is 0 Å². The highest BCUT2D eigenvalue weighted by atomic mass is 79.9. The summed E-state index contributed by atoms with van der Waals surface area (Å²) >= 11 is 6.50. The van der Waals surface area contributed by atoms with E-state index in [0.29, 0.717) is 21.7 Å².